The number of nitrogens with zero attached hydrogens (tertiary/aromatic N) is 8. The number of aliphatic imine (C=N–C) groups is 1. The van der Waals surface area contributed by atoms with E-state index in [-0.39, 0.29) is 11.7 Å². The Bertz CT molecular complexity index is 1820. The summed E-state index contributed by atoms with van der Waals surface area (Å²) in [5.74, 6) is 0.814. The van der Waals surface area contributed by atoms with E-state index in [0.717, 1.165) is 34.7 Å². The van der Waals surface area contributed by atoms with Crippen molar-refractivity contribution in [1.29, 1.82) is 0 Å². The lowest BCUT2D eigenvalue weighted by Crippen LogP contribution is -2.11. The van der Waals surface area contributed by atoms with Gasteiger partial charge in [0.25, 0.3) is 0 Å². The molecule has 1 unspecified atom stereocenters. The number of imidazole rings is 1. The van der Waals surface area contributed by atoms with Gasteiger partial charge in [-0.3, -0.25) is 9.36 Å². The first-order valence-electron chi connectivity index (χ1n) is 13.1. The highest BCUT2D eigenvalue weighted by Gasteiger charge is 2.35. The highest BCUT2D eigenvalue weighted by atomic mass is 19.4. The lowest BCUT2D eigenvalue weighted by atomic mass is 10.0. The van der Waals surface area contributed by atoms with Gasteiger partial charge in [-0.05, 0) is 31.9 Å². The Hall–Kier alpha value is -4.52. The maximum atomic E-state index is 13.3. The van der Waals surface area contributed by atoms with Crippen LogP contribution in [0.1, 0.15) is 54.4 Å². The molecule has 1 aliphatic carbocycles. The summed E-state index contributed by atoms with van der Waals surface area (Å²) in [5.41, 5.74) is 10.5. The number of benzene rings is 1. The number of hydrogen-bond acceptors (Lipinski definition) is 7. The fourth-order valence-electron chi connectivity index (χ4n) is 5.20. The standard InChI is InChI=1S/C28H28F3N9O/c1-14(41)23-18(10-16-13-38(2)37-26(16)34-23)27-35-24(25(39(27)3)15-8-9-15)17-6-5-7-20(32)19(17)12-33-22-11-21(28(29,30)31)40(4)36-22/h5-7,10-15,41H,8-9,32H2,1-4H3. The van der Waals surface area contributed by atoms with Crippen LogP contribution >= 0.6 is 0 Å². The molecule has 5 aromatic rings. The lowest BCUT2D eigenvalue weighted by Gasteiger charge is -2.12. The van der Waals surface area contributed by atoms with Crippen LogP contribution < -0.4 is 5.73 Å². The van der Waals surface area contributed by atoms with Crippen molar-refractivity contribution in [3.8, 4) is 22.6 Å². The molecule has 13 heteroatoms. The van der Waals surface area contributed by atoms with E-state index in [1.807, 2.05) is 37.0 Å². The summed E-state index contributed by atoms with van der Waals surface area (Å²) < 4.78 is 44.3. The fourth-order valence-corrected chi connectivity index (χ4v) is 5.20. The van der Waals surface area contributed by atoms with E-state index in [0.29, 0.717) is 45.2 Å². The van der Waals surface area contributed by atoms with E-state index in [1.54, 1.807) is 23.7 Å². The highest BCUT2D eigenvalue weighted by molar-refractivity contribution is 5.97. The van der Waals surface area contributed by atoms with Crippen molar-refractivity contribution in [2.24, 2.45) is 26.1 Å². The van der Waals surface area contributed by atoms with Gasteiger partial charge in [0, 0.05) is 79.0 Å². The lowest BCUT2D eigenvalue weighted by molar-refractivity contribution is -0.143. The number of anilines is 1. The Balaban J connectivity index is 1.50. The number of alkyl halides is 3. The van der Waals surface area contributed by atoms with E-state index in [9.17, 15) is 18.3 Å². The number of halogens is 3. The van der Waals surface area contributed by atoms with Gasteiger partial charge < -0.3 is 15.4 Å². The number of nitrogen functional groups attached to an aromatic ring is 1. The number of aromatic nitrogens is 7. The summed E-state index contributed by atoms with van der Waals surface area (Å²) in [6.07, 6.45) is -0.130. The van der Waals surface area contributed by atoms with Crippen LogP contribution in [0.5, 0.6) is 0 Å². The molecule has 212 valence electrons. The van der Waals surface area contributed by atoms with E-state index >= 15 is 0 Å². The monoisotopic (exact) mass is 563 g/mol. The average Bonchev–Trinajstić information content (AvgIpc) is 3.41. The van der Waals surface area contributed by atoms with Gasteiger partial charge in [-0.2, -0.15) is 23.4 Å². The third-order valence-corrected chi connectivity index (χ3v) is 7.26. The second kappa shape index (κ2) is 9.54. The molecule has 1 saturated carbocycles. The van der Waals surface area contributed by atoms with Crippen molar-refractivity contribution >= 4 is 28.8 Å². The van der Waals surface area contributed by atoms with Crippen molar-refractivity contribution in [3.05, 3.63) is 59.2 Å². The zero-order valence-corrected chi connectivity index (χ0v) is 22.8. The molecule has 4 heterocycles. The van der Waals surface area contributed by atoms with Crippen LogP contribution in [-0.2, 0) is 27.3 Å². The first-order chi connectivity index (χ1) is 19.4. The number of pyridine rings is 1. The molecule has 0 saturated heterocycles. The third-order valence-electron chi connectivity index (χ3n) is 7.26. The molecule has 1 fully saturated rings. The topological polar surface area (TPSA) is 125 Å². The van der Waals surface area contributed by atoms with Gasteiger partial charge in [-0.25, -0.2) is 15.0 Å². The Morgan fingerprint density at radius 2 is 1.85 bits per heavy atom. The molecule has 0 aliphatic heterocycles. The number of aliphatic hydroxyl groups is 1. The number of aryl methyl sites for hydroxylation is 2. The van der Waals surface area contributed by atoms with Crippen molar-refractivity contribution < 1.29 is 18.3 Å². The fraction of sp³-hybridized carbons (Fsp3) is 0.321. The zero-order valence-electron chi connectivity index (χ0n) is 22.8. The quantitative estimate of drug-likeness (QED) is 0.220. The third kappa shape index (κ3) is 4.75. The summed E-state index contributed by atoms with van der Waals surface area (Å²) in [6, 6.07) is 8.20. The van der Waals surface area contributed by atoms with Crippen LogP contribution in [-0.4, -0.2) is 45.4 Å². The molecule has 1 atom stereocenters. The minimum atomic E-state index is -4.55. The second-order valence-corrected chi connectivity index (χ2v) is 10.4. The van der Waals surface area contributed by atoms with Gasteiger partial charge in [-0.15, -0.1) is 0 Å². The Morgan fingerprint density at radius 1 is 1.10 bits per heavy atom. The minimum absolute atomic E-state index is 0.0874. The zero-order chi connectivity index (χ0) is 29.2. The van der Waals surface area contributed by atoms with Crippen LogP contribution in [0.2, 0.25) is 0 Å². The predicted molar refractivity (Wildman–Crippen MR) is 149 cm³/mol. The molecular weight excluding hydrogens is 535 g/mol. The molecular formula is C28H28F3N9O. The normalized spacial score (nSPS) is 14.9. The Labute approximate surface area is 233 Å². The first kappa shape index (κ1) is 26.7. The number of rotatable bonds is 6. The maximum Gasteiger partial charge on any atom is 0.433 e. The molecule has 0 radical (unpaired) electrons. The second-order valence-electron chi connectivity index (χ2n) is 10.4. The summed E-state index contributed by atoms with van der Waals surface area (Å²) in [4.78, 5) is 14.0. The first-order valence-corrected chi connectivity index (χ1v) is 13.1. The summed E-state index contributed by atoms with van der Waals surface area (Å²) in [6.45, 7) is 1.65. The van der Waals surface area contributed by atoms with Crippen LogP contribution in [0, 0.1) is 0 Å². The minimum Gasteiger partial charge on any atom is -0.398 e. The van der Waals surface area contributed by atoms with E-state index in [4.69, 9.17) is 10.7 Å². The van der Waals surface area contributed by atoms with Crippen molar-refractivity contribution in [2.45, 2.75) is 38.0 Å². The Kier molecular flexibility index (Phi) is 6.21. The van der Waals surface area contributed by atoms with Gasteiger partial charge in [0.05, 0.1) is 17.5 Å². The molecule has 1 aliphatic rings. The molecule has 0 amide bonds. The number of fused-ring (bicyclic) bond motifs is 1. The molecule has 6 rings (SSSR count). The predicted octanol–water partition coefficient (Wildman–Crippen LogP) is 5.05. The smallest absolute Gasteiger partial charge is 0.398 e. The van der Waals surface area contributed by atoms with Gasteiger partial charge in [-0.1, -0.05) is 12.1 Å². The van der Waals surface area contributed by atoms with Crippen LogP contribution in [0.4, 0.5) is 24.7 Å². The number of nitrogens with two attached hydrogens (primary N) is 1. The molecule has 10 nitrogen and oxygen atoms in total. The molecule has 0 spiro atoms. The van der Waals surface area contributed by atoms with Crippen LogP contribution in [0.15, 0.2) is 41.5 Å². The van der Waals surface area contributed by atoms with E-state index < -0.39 is 18.0 Å². The highest BCUT2D eigenvalue weighted by Crippen LogP contribution is 2.47. The summed E-state index contributed by atoms with van der Waals surface area (Å²) >= 11 is 0. The van der Waals surface area contributed by atoms with Crippen molar-refractivity contribution in [2.75, 3.05) is 5.73 Å². The van der Waals surface area contributed by atoms with Gasteiger partial charge in [0.15, 0.2) is 11.5 Å². The molecule has 41 heavy (non-hydrogen) atoms. The number of hydrogen-bond donors (Lipinski definition) is 2. The molecule has 0 bridgehead atoms. The van der Waals surface area contributed by atoms with Crippen LogP contribution in [0.25, 0.3) is 33.7 Å². The largest absolute Gasteiger partial charge is 0.433 e. The van der Waals surface area contributed by atoms with E-state index in [1.165, 1.54) is 13.3 Å². The van der Waals surface area contributed by atoms with Crippen molar-refractivity contribution in [3.63, 3.8) is 0 Å². The Morgan fingerprint density at radius 3 is 2.51 bits per heavy atom. The molecule has 4 aromatic heterocycles. The van der Waals surface area contributed by atoms with Gasteiger partial charge in [0.1, 0.15) is 11.5 Å². The number of aliphatic hydroxyl groups excluding tert-OH is 1. The molecule has 1 aromatic carbocycles. The van der Waals surface area contributed by atoms with Gasteiger partial charge >= 0.3 is 6.18 Å². The molecule has 3 N–H and O–H groups in total. The SMILES string of the molecule is CC(O)c1nc2nn(C)cc2cc1-c1nc(-c2cccc(N)c2C=Nc2cc(C(F)(F)F)n(C)n2)c(C2CC2)n1C. The van der Waals surface area contributed by atoms with Gasteiger partial charge in [0.2, 0.25) is 0 Å². The van der Waals surface area contributed by atoms with Crippen molar-refractivity contribution in [1.82, 2.24) is 34.1 Å². The average molecular weight is 564 g/mol. The summed E-state index contributed by atoms with van der Waals surface area (Å²) in [7, 11) is 4.97. The van der Waals surface area contributed by atoms with E-state index in [2.05, 4.69) is 20.2 Å². The maximum absolute atomic E-state index is 13.3. The summed E-state index contributed by atoms with van der Waals surface area (Å²) in [5, 5.41) is 19.7. The van der Waals surface area contributed by atoms with Crippen LogP contribution in [0.3, 0.4) is 0 Å².